The van der Waals surface area contributed by atoms with Gasteiger partial charge in [-0.05, 0) is 56.4 Å². The molecule has 0 radical (unpaired) electrons. The van der Waals surface area contributed by atoms with E-state index in [1.54, 1.807) is 6.07 Å². The van der Waals surface area contributed by atoms with Crippen LogP contribution in [0.3, 0.4) is 0 Å². The normalized spacial score (nSPS) is 11.9. The third kappa shape index (κ3) is 6.03. The summed E-state index contributed by atoms with van der Waals surface area (Å²) in [6.45, 7) is 2.11. The van der Waals surface area contributed by atoms with Crippen molar-refractivity contribution in [2.45, 2.75) is 25.8 Å². The van der Waals surface area contributed by atoms with Gasteiger partial charge in [-0.1, -0.05) is 48.5 Å². The number of carbonyl (C=O) groups excluding carboxylic acids is 1. The van der Waals surface area contributed by atoms with Crippen LogP contribution in [-0.2, 0) is 6.42 Å². The van der Waals surface area contributed by atoms with Gasteiger partial charge in [-0.3, -0.25) is 4.79 Å². The number of anilines is 2. The Kier molecular flexibility index (Phi) is 7.21. The minimum Gasteiger partial charge on any atom is -0.399 e. The quantitative estimate of drug-likeness (QED) is 0.355. The highest BCUT2D eigenvalue weighted by molar-refractivity contribution is 6.06. The van der Waals surface area contributed by atoms with E-state index in [-0.39, 0.29) is 5.91 Å². The number of nitrogen functional groups attached to an aromatic ring is 1. The monoisotopic (exact) mass is 414 g/mol. The number of benzene rings is 3. The third-order valence-corrected chi connectivity index (χ3v) is 5.43. The zero-order valence-electron chi connectivity index (χ0n) is 18.4. The molecule has 3 aromatic rings. The molecule has 5 nitrogen and oxygen atoms in total. The second-order valence-corrected chi connectivity index (χ2v) is 8.12. The summed E-state index contributed by atoms with van der Waals surface area (Å²) < 4.78 is 0. The van der Waals surface area contributed by atoms with Crippen molar-refractivity contribution >= 4 is 23.0 Å². The van der Waals surface area contributed by atoms with Crippen LogP contribution in [0.25, 0.3) is 11.1 Å². The molecule has 0 aromatic heterocycles. The summed E-state index contributed by atoms with van der Waals surface area (Å²) in [7, 11) is 4.05. The van der Waals surface area contributed by atoms with E-state index < -0.39 is 0 Å². The predicted octanol–water partition coefficient (Wildman–Crippen LogP) is 5.09. The summed E-state index contributed by atoms with van der Waals surface area (Å²) in [6, 6.07) is 23.2. The molecule has 3 aromatic carbocycles. The molecular weight excluding hydrogens is 384 g/mol. The van der Waals surface area contributed by atoms with E-state index >= 15 is 0 Å². The topological polar surface area (TPSA) is 82.2 Å². The van der Waals surface area contributed by atoms with E-state index in [1.165, 1.54) is 0 Å². The summed E-state index contributed by atoms with van der Waals surface area (Å²) in [5.41, 5.74) is 11.5. The average Bonchev–Trinajstić information content (AvgIpc) is 2.74. The molecule has 0 aliphatic heterocycles. The fourth-order valence-corrected chi connectivity index (χ4v) is 3.36. The van der Waals surface area contributed by atoms with Crippen LogP contribution < -0.4 is 11.1 Å². The molecule has 0 spiro atoms. The van der Waals surface area contributed by atoms with Crippen LogP contribution in [0.1, 0.15) is 29.3 Å². The van der Waals surface area contributed by atoms with Crippen molar-refractivity contribution in [2.24, 2.45) is 0 Å². The maximum Gasteiger partial charge on any atom is 0.255 e. The van der Waals surface area contributed by atoms with Crippen LogP contribution in [0, 0.1) is 5.41 Å². The highest BCUT2D eigenvalue weighted by atomic mass is 16.1. The number of nitrogens with one attached hydrogen (secondary N) is 2. The number of rotatable bonds is 8. The number of carbonyl (C=O) groups is 1. The molecule has 0 fully saturated rings. The molecule has 31 heavy (non-hydrogen) atoms. The Labute approximate surface area is 184 Å². The van der Waals surface area contributed by atoms with E-state index in [1.807, 2.05) is 80.8 Å². The fraction of sp³-hybridized carbons (Fsp3) is 0.231. The molecule has 4 N–H and O–H groups in total. The summed E-state index contributed by atoms with van der Waals surface area (Å²) in [5.74, 6) is -0.189. The largest absolute Gasteiger partial charge is 0.399 e. The number of nitrogens with two attached hydrogens (primary N) is 1. The Morgan fingerprint density at radius 3 is 2.35 bits per heavy atom. The summed E-state index contributed by atoms with van der Waals surface area (Å²) in [6.07, 6.45) is 1.32. The van der Waals surface area contributed by atoms with Gasteiger partial charge in [0.05, 0.1) is 5.69 Å². The second-order valence-electron chi connectivity index (χ2n) is 8.12. The summed E-state index contributed by atoms with van der Waals surface area (Å²) >= 11 is 0. The SMILES string of the molecule is C[C@H](CC(=N)Cc1ccc(C(=O)Nc2cc(N)ccc2-c2ccccc2)cc1)N(C)C. The van der Waals surface area contributed by atoms with Crippen molar-refractivity contribution in [3.8, 4) is 11.1 Å². The van der Waals surface area contributed by atoms with Crippen molar-refractivity contribution in [3.05, 3.63) is 83.9 Å². The van der Waals surface area contributed by atoms with Crippen LogP contribution in [-0.4, -0.2) is 36.7 Å². The molecule has 3 rings (SSSR count). The lowest BCUT2D eigenvalue weighted by atomic mass is 10.0. The first kappa shape index (κ1) is 22.2. The number of hydrogen-bond acceptors (Lipinski definition) is 4. The van der Waals surface area contributed by atoms with Crippen LogP contribution in [0.15, 0.2) is 72.8 Å². The molecule has 0 aliphatic carbocycles. The lowest BCUT2D eigenvalue weighted by Crippen LogP contribution is -2.27. The molecule has 0 saturated carbocycles. The Morgan fingerprint density at radius 1 is 1.03 bits per heavy atom. The predicted molar refractivity (Wildman–Crippen MR) is 130 cm³/mol. The van der Waals surface area contributed by atoms with Crippen molar-refractivity contribution in [1.29, 1.82) is 5.41 Å². The Bertz CT molecular complexity index is 1040. The molecule has 1 amide bonds. The number of nitrogens with zero attached hydrogens (tertiary/aromatic N) is 1. The maximum atomic E-state index is 12.9. The van der Waals surface area contributed by atoms with Crippen molar-refractivity contribution in [2.75, 3.05) is 25.1 Å². The molecule has 1 atom stereocenters. The number of amides is 1. The molecule has 0 bridgehead atoms. The fourth-order valence-electron chi connectivity index (χ4n) is 3.36. The van der Waals surface area contributed by atoms with Crippen molar-refractivity contribution in [3.63, 3.8) is 0 Å². The minimum atomic E-state index is -0.189. The van der Waals surface area contributed by atoms with Crippen molar-refractivity contribution in [1.82, 2.24) is 4.90 Å². The zero-order valence-corrected chi connectivity index (χ0v) is 18.4. The van der Waals surface area contributed by atoms with Gasteiger partial charge >= 0.3 is 0 Å². The molecule has 0 aliphatic rings. The van der Waals surface area contributed by atoms with E-state index in [2.05, 4.69) is 17.1 Å². The molecule has 5 heteroatoms. The zero-order chi connectivity index (χ0) is 22.4. The van der Waals surface area contributed by atoms with Gasteiger partial charge in [0.2, 0.25) is 0 Å². The van der Waals surface area contributed by atoms with Crippen LogP contribution in [0.2, 0.25) is 0 Å². The van der Waals surface area contributed by atoms with E-state index in [0.29, 0.717) is 35.1 Å². The van der Waals surface area contributed by atoms with E-state index in [9.17, 15) is 4.79 Å². The van der Waals surface area contributed by atoms with Crippen LogP contribution in [0.5, 0.6) is 0 Å². The van der Waals surface area contributed by atoms with Gasteiger partial charge in [0.1, 0.15) is 0 Å². The van der Waals surface area contributed by atoms with Gasteiger partial charge in [0.15, 0.2) is 0 Å². The lowest BCUT2D eigenvalue weighted by Gasteiger charge is -2.20. The second kappa shape index (κ2) is 10.0. The van der Waals surface area contributed by atoms with Gasteiger partial charge in [-0.15, -0.1) is 0 Å². The smallest absolute Gasteiger partial charge is 0.255 e. The van der Waals surface area contributed by atoms with Gasteiger partial charge < -0.3 is 21.4 Å². The standard InChI is InChI=1S/C26H30N4O/c1-18(30(2)3)15-23(28)16-19-9-11-21(12-10-19)26(31)29-25-17-22(27)13-14-24(25)20-7-5-4-6-8-20/h4-14,17-18,28H,15-16,27H2,1-3H3,(H,29,31)/t18-/m1/s1. The Morgan fingerprint density at radius 2 is 1.71 bits per heavy atom. The summed E-state index contributed by atoms with van der Waals surface area (Å²) in [5, 5.41) is 11.2. The van der Waals surface area contributed by atoms with E-state index in [4.69, 9.17) is 11.1 Å². The van der Waals surface area contributed by atoms with Gasteiger partial charge in [0.25, 0.3) is 5.91 Å². The Hall–Kier alpha value is -3.44. The molecule has 0 unspecified atom stereocenters. The lowest BCUT2D eigenvalue weighted by molar-refractivity contribution is 0.102. The van der Waals surface area contributed by atoms with Gasteiger partial charge in [0, 0.05) is 41.4 Å². The van der Waals surface area contributed by atoms with Crippen molar-refractivity contribution < 1.29 is 4.79 Å². The van der Waals surface area contributed by atoms with Gasteiger partial charge in [-0.25, -0.2) is 0 Å². The third-order valence-electron chi connectivity index (χ3n) is 5.43. The van der Waals surface area contributed by atoms with Gasteiger partial charge in [-0.2, -0.15) is 0 Å². The van der Waals surface area contributed by atoms with E-state index in [0.717, 1.165) is 23.1 Å². The molecule has 0 heterocycles. The first-order valence-electron chi connectivity index (χ1n) is 10.4. The first-order valence-corrected chi connectivity index (χ1v) is 10.4. The highest BCUT2D eigenvalue weighted by Gasteiger charge is 2.12. The Balaban J connectivity index is 1.71. The minimum absolute atomic E-state index is 0.189. The number of hydrogen-bond donors (Lipinski definition) is 3. The summed E-state index contributed by atoms with van der Waals surface area (Å²) in [4.78, 5) is 15.0. The molecule has 0 saturated heterocycles. The van der Waals surface area contributed by atoms with Crippen LogP contribution in [0.4, 0.5) is 11.4 Å². The maximum absolute atomic E-state index is 12.9. The first-order chi connectivity index (χ1) is 14.8. The molecule has 160 valence electrons. The van der Waals surface area contributed by atoms with Crippen LogP contribution >= 0.6 is 0 Å². The average molecular weight is 415 g/mol. The molecular formula is C26H30N4O. The highest BCUT2D eigenvalue weighted by Crippen LogP contribution is 2.30.